The monoisotopic (exact) mass is 194 g/mol. The zero-order valence-electron chi connectivity index (χ0n) is 7.95. The highest BCUT2D eigenvalue weighted by atomic mass is 32.2. The van der Waals surface area contributed by atoms with E-state index in [9.17, 15) is 8.42 Å². The molecule has 0 aromatic rings. The molecule has 0 aromatic carbocycles. The number of hydrogen-bond acceptors (Lipinski definition) is 3. The van der Waals surface area contributed by atoms with E-state index in [-0.39, 0.29) is 5.75 Å². The van der Waals surface area contributed by atoms with Crippen LogP contribution in [-0.4, -0.2) is 38.7 Å². The Hall–Kier alpha value is -0.130. The summed E-state index contributed by atoms with van der Waals surface area (Å²) in [5.41, 5.74) is 0. The zero-order chi connectivity index (χ0) is 9.78. The van der Waals surface area contributed by atoms with Crippen molar-refractivity contribution in [3.05, 3.63) is 0 Å². The van der Waals surface area contributed by atoms with E-state index in [1.807, 2.05) is 7.05 Å². The molecular weight excluding hydrogens is 176 g/mol. The Morgan fingerprint density at radius 3 is 2.25 bits per heavy atom. The summed E-state index contributed by atoms with van der Waals surface area (Å²) in [6, 6.07) is 0.450. The maximum absolute atomic E-state index is 10.5. The molecule has 0 aliphatic heterocycles. The van der Waals surface area contributed by atoms with Crippen LogP contribution in [0.1, 0.15) is 20.3 Å². The minimum absolute atomic E-state index is 0.0735. The van der Waals surface area contributed by atoms with Gasteiger partial charge >= 0.3 is 0 Å². The average Bonchev–Trinajstić information content (AvgIpc) is 1.84. The molecule has 2 N–H and O–H groups in total. The molecule has 0 heterocycles. The summed E-state index contributed by atoms with van der Waals surface area (Å²) in [7, 11) is -1.31. The first kappa shape index (κ1) is 11.9. The number of sulfonamides is 1. The number of primary sulfonamides is 1. The van der Waals surface area contributed by atoms with Gasteiger partial charge in [0.15, 0.2) is 0 Å². The average molecular weight is 194 g/mol. The Bertz CT molecular complexity index is 211. The first-order valence-electron chi connectivity index (χ1n) is 4.03. The van der Waals surface area contributed by atoms with Crippen LogP contribution in [0.4, 0.5) is 0 Å². The smallest absolute Gasteiger partial charge is 0.209 e. The van der Waals surface area contributed by atoms with Crippen LogP contribution in [0.3, 0.4) is 0 Å². The van der Waals surface area contributed by atoms with Crippen molar-refractivity contribution in [2.75, 3.05) is 19.3 Å². The second kappa shape index (κ2) is 4.79. The third-order valence-electron chi connectivity index (χ3n) is 1.82. The topological polar surface area (TPSA) is 63.4 Å². The standard InChI is InChI=1S/C7H18N2O2S/c1-7(2)9(3)5-4-6-12(8,10)11/h7H,4-6H2,1-3H3,(H2,8,10,11). The number of rotatable bonds is 5. The third-order valence-corrected chi connectivity index (χ3v) is 2.68. The van der Waals surface area contributed by atoms with Crippen LogP contribution in [-0.2, 0) is 10.0 Å². The molecule has 0 aromatic heterocycles. The maximum atomic E-state index is 10.5. The van der Waals surface area contributed by atoms with Crippen LogP contribution in [0.25, 0.3) is 0 Å². The lowest BCUT2D eigenvalue weighted by Crippen LogP contribution is -2.29. The van der Waals surface area contributed by atoms with Gasteiger partial charge in [-0.3, -0.25) is 0 Å². The summed E-state index contributed by atoms with van der Waals surface area (Å²) >= 11 is 0. The van der Waals surface area contributed by atoms with Gasteiger partial charge in [0.05, 0.1) is 5.75 Å². The van der Waals surface area contributed by atoms with Crippen molar-refractivity contribution < 1.29 is 8.42 Å². The number of nitrogens with two attached hydrogens (primary N) is 1. The normalized spacial score (nSPS) is 12.8. The van der Waals surface area contributed by atoms with Crippen molar-refractivity contribution in [3.8, 4) is 0 Å². The van der Waals surface area contributed by atoms with Gasteiger partial charge in [0.25, 0.3) is 0 Å². The number of hydrogen-bond donors (Lipinski definition) is 1. The fraction of sp³-hybridized carbons (Fsp3) is 1.00. The first-order chi connectivity index (χ1) is 5.33. The molecule has 0 aliphatic rings. The quantitative estimate of drug-likeness (QED) is 0.670. The molecular formula is C7H18N2O2S. The molecule has 0 spiro atoms. The first-order valence-corrected chi connectivity index (χ1v) is 5.75. The van der Waals surface area contributed by atoms with Gasteiger partial charge < -0.3 is 4.90 Å². The number of nitrogens with zero attached hydrogens (tertiary/aromatic N) is 1. The van der Waals surface area contributed by atoms with Crippen LogP contribution >= 0.6 is 0 Å². The Morgan fingerprint density at radius 2 is 1.92 bits per heavy atom. The molecule has 4 nitrogen and oxygen atoms in total. The van der Waals surface area contributed by atoms with Crippen molar-refractivity contribution >= 4 is 10.0 Å². The van der Waals surface area contributed by atoms with E-state index in [1.54, 1.807) is 0 Å². The molecule has 0 atom stereocenters. The minimum atomic E-state index is -3.27. The summed E-state index contributed by atoms with van der Waals surface area (Å²) in [5.74, 6) is 0.0735. The lowest BCUT2D eigenvalue weighted by atomic mass is 10.3. The lowest BCUT2D eigenvalue weighted by Gasteiger charge is -2.20. The molecule has 0 rings (SSSR count). The second-order valence-electron chi connectivity index (χ2n) is 3.29. The lowest BCUT2D eigenvalue weighted by molar-refractivity contribution is 0.275. The van der Waals surface area contributed by atoms with Crippen LogP contribution in [0.15, 0.2) is 0 Å². The summed E-state index contributed by atoms with van der Waals surface area (Å²) in [6.07, 6.45) is 0.605. The Labute approximate surface area is 74.8 Å². The van der Waals surface area contributed by atoms with Crippen LogP contribution in [0, 0.1) is 0 Å². The molecule has 0 saturated heterocycles. The van der Waals surface area contributed by atoms with E-state index in [0.29, 0.717) is 12.5 Å². The van der Waals surface area contributed by atoms with Gasteiger partial charge in [-0.2, -0.15) is 0 Å². The Kier molecular flexibility index (Phi) is 4.74. The highest BCUT2D eigenvalue weighted by Gasteiger charge is 2.05. The van der Waals surface area contributed by atoms with Gasteiger partial charge in [-0.25, -0.2) is 13.6 Å². The zero-order valence-corrected chi connectivity index (χ0v) is 8.76. The van der Waals surface area contributed by atoms with Gasteiger partial charge in [0.1, 0.15) is 0 Å². The van der Waals surface area contributed by atoms with Gasteiger partial charge in [-0.1, -0.05) is 0 Å². The molecule has 0 bridgehead atoms. The molecule has 74 valence electrons. The molecule has 5 heteroatoms. The molecule has 0 fully saturated rings. The minimum Gasteiger partial charge on any atom is -0.304 e. The van der Waals surface area contributed by atoms with Crippen molar-refractivity contribution in [1.29, 1.82) is 0 Å². The van der Waals surface area contributed by atoms with E-state index in [1.165, 1.54) is 0 Å². The third kappa shape index (κ3) is 6.57. The van der Waals surface area contributed by atoms with Crippen molar-refractivity contribution in [2.45, 2.75) is 26.3 Å². The molecule has 12 heavy (non-hydrogen) atoms. The fourth-order valence-corrected chi connectivity index (χ4v) is 1.30. The van der Waals surface area contributed by atoms with Crippen molar-refractivity contribution in [2.24, 2.45) is 5.14 Å². The Morgan fingerprint density at radius 1 is 1.42 bits per heavy atom. The summed E-state index contributed by atoms with van der Waals surface area (Å²) in [5, 5.41) is 4.85. The van der Waals surface area contributed by atoms with E-state index < -0.39 is 10.0 Å². The van der Waals surface area contributed by atoms with Gasteiger partial charge in [0.2, 0.25) is 10.0 Å². The van der Waals surface area contributed by atoms with Crippen LogP contribution in [0.5, 0.6) is 0 Å². The molecule has 0 saturated carbocycles. The predicted molar refractivity (Wildman–Crippen MR) is 50.4 cm³/mol. The van der Waals surface area contributed by atoms with Crippen molar-refractivity contribution in [1.82, 2.24) is 4.90 Å². The van der Waals surface area contributed by atoms with Gasteiger partial charge in [0, 0.05) is 6.04 Å². The molecule has 0 unspecified atom stereocenters. The largest absolute Gasteiger partial charge is 0.304 e. The highest BCUT2D eigenvalue weighted by molar-refractivity contribution is 7.89. The summed E-state index contributed by atoms with van der Waals surface area (Å²) in [6.45, 7) is 4.90. The maximum Gasteiger partial charge on any atom is 0.209 e. The van der Waals surface area contributed by atoms with Crippen molar-refractivity contribution in [3.63, 3.8) is 0 Å². The van der Waals surface area contributed by atoms with E-state index in [4.69, 9.17) is 5.14 Å². The fourth-order valence-electron chi connectivity index (χ4n) is 0.773. The molecule has 0 aliphatic carbocycles. The molecule has 0 amide bonds. The summed E-state index contributed by atoms with van der Waals surface area (Å²) < 4.78 is 21.1. The van der Waals surface area contributed by atoms with Crippen LogP contribution < -0.4 is 5.14 Å². The van der Waals surface area contributed by atoms with Gasteiger partial charge in [-0.05, 0) is 33.9 Å². The SMILES string of the molecule is CC(C)N(C)CCCS(N)(=O)=O. The van der Waals surface area contributed by atoms with E-state index in [2.05, 4.69) is 18.7 Å². The van der Waals surface area contributed by atoms with Crippen LogP contribution in [0.2, 0.25) is 0 Å². The highest BCUT2D eigenvalue weighted by Crippen LogP contribution is 1.95. The second-order valence-corrected chi connectivity index (χ2v) is 5.03. The van der Waals surface area contributed by atoms with E-state index >= 15 is 0 Å². The molecule has 0 radical (unpaired) electrons. The summed E-state index contributed by atoms with van der Waals surface area (Å²) in [4.78, 5) is 2.09. The predicted octanol–water partition coefficient (Wildman–Crippen LogP) is 0.00520. The Balaban J connectivity index is 3.58. The van der Waals surface area contributed by atoms with Gasteiger partial charge in [-0.15, -0.1) is 0 Å². The van der Waals surface area contributed by atoms with E-state index in [0.717, 1.165) is 6.54 Å².